The Morgan fingerprint density at radius 3 is 2.88 bits per heavy atom. The summed E-state index contributed by atoms with van der Waals surface area (Å²) in [5.74, 6) is -0.253. The molecule has 6 heteroatoms. The molecule has 0 saturated carbocycles. The van der Waals surface area contributed by atoms with Crippen LogP contribution < -0.4 is 5.32 Å². The lowest BCUT2D eigenvalue weighted by Crippen LogP contribution is -2.12. The maximum atomic E-state index is 11.9. The van der Waals surface area contributed by atoms with Crippen LogP contribution in [-0.2, 0) is 0 Å². The molecule has 1 aromatic carbocycles. The molecular weight excluding hydrogens is 324 g/mol. The molecule has 0 aliphatic carbocycles. The monoisotopic (exact) mass is 330 g/mol. The summed E-state index contributed by atoms with van der Waals surface area (Å²) in [4.78, 5) is 17.0. The number of anilines is 1. The van der Waals surface area contributed by atoms with Crippen LogP contribution in [0.2, 0.25) is 5.02 Å². The molecule has 1 aromatic heterocycles. The first-order valence-corrected chi connectivity index (χ1v) is 6.74. The number of carbonyl (C=O) groups is 1. The summed E-state index contributed by atoms with van der Waals surface area (Å²) in [6.07, 6.45) is 1.71. The first kappa shape index (κ1) is 12.5. The third kappa shape index (κ3) is 3.06. The smallest absolute Gasteiger partial charge is 0.258 e. The Labute approximate surface area is 116 Å². The van der Waals surface area contributed by atoms with Crippen LogP contribution >= 0.6 is 38.9 Å². The molecule has 0 unspecified atom stereocenters. The second-order valence-electron chi connectivity index (χ2n) is 3.35. The van der Waals surface area contributed by atoms with Crippen molar-refractivity contribution in [2.45, 2.75) is 6.92 Å². The zero-order valence-corrected chi connectivity index (χ0v) is 12.0. The van der Waals surface area contributed by atoms with E-state index in [9.17, 15) is 4.79 Å². The van der Waals surface area contributed by atoms with Crippen molar-refractivity contribution in [1.29, 1.82) is 0 Å². The number of aryl methyl sites for hydroxylation is 1. The van der Waals surface area contributed by atoms with Gasteiger partial charge in [-0.05, 0) is 25.1 Å². The summed E-state index contributed by atoms with van der Waals surface area (Å²) in [5, 5.41) is 3.69. The molecule has 1 amide bonds. The fraction of sp³-hybridized carbons (Fsp3) is 0.0909. The normalized spacial score (nSPS) is 10.3. The minimum atomic E-state index is -0.253. The van der Waals surface area contributed by atoms with Crippen molar-refractivity contribution < 1.29 is 4.79 Å². The summed E-state index contributed by atoms with van der Waals surface area (Å²) in [7, 11) is 0. The molecule has 0 fully saturated rings. The van der Waals surface area contributed by atoms with E-state index in [4.69, 9.17) is 11.6 Å². The summed E-state index contributed by atoms with van der Waals surface area (Å²) in [6.45, 7) is 1.93. The quantitative estimate of drug-likeness (QED) is 0.899. The second-order valence-corrected chi connectivity index (χ2v) is 5.91. The van der Waals surface area contributed by atoms with Crippen molar-refractivity contribution in [3.05, 3.63) is 44.3 Å². The third-order valence-corrected chi connectivity index (χ3v) is 3.65. The van der Waals surface area contributed by atoms with Crippen LogP contribution in [0.5, 0.6) is 0 Å². The highest BCUT2D eigenvalue weighted by molar-refractivity contribution is 9.10. The van der Waals surface area contributed by atoms with Crippen LogP contribution in [0.15, 0.2) is 28.9 Å². The van der Waals surface area contributed by atoms with Crippen molar-refractivity contribution in [1.82, 2.24) is 4.98 Å². The molecule has 88 valence electrons. The van der Waals surface area contributed by atoms with Gasteiger partial charge < -0.3 is 0 Å². The van der Waals surface area contributed by atoms with Crippen LogP contribution in [0.3, 0.4) is 0 Å². The van der Waals surface area contributed by atoms with Crippen LogP contribution in [0.4, 0.5) is 5.13 Å². The summed E-state index contributed by atoms with van der Waals surface area (Å²) in [5.41, 5.74) is 0.433. The summed E-state index contributed by atoms with van der Waals surface area (Å²) < 4.78 is 0.837. The number of benzene rings is 1. The fourth-order valence-electron chi connectivity index (χ4n) is 1.25. The molecule has 0 bridgehead atoms. The molecule has 0 spiro atoms. The first-order valence-electron chi connectivity index (χ1n) is 4.75. The molecule has 0 aliphatic heterocycles. The predicted molar refractivity (Wildman–Crippen MR) is 74.0 cm³/mol. The second kappa shape index (κ2) is 5.16. The standard InChI is InChI=1S/C11H8BrClN2OS/c1-6-5-14-11(17-6)15-10(16)8-3-2-7(12)4-9(8)13/h2-5H,1H3,(H,14,15,16). The average molecular weight is 332 g/mol. The highest BCUT2D eigenvalue weighted by Gasteiger charge is 2.12. The lowest BCUT2D eigenvalue weighted by atomic mass is 10.2. The first-order chi connectivity index (χ1) is 8.06. The number of thiazole rings is 1. The number of carbonyl (C=O) groups excluding carboxylic acids is 1. The van der Waals surface area contributed by atoms with Crippen molar-refractivity contribution in [3.63, 3.8) is 0 Å². The number of nitrogens with one attached hydrogen (secondary N) is 1. The Hall–Kier alpha value is -0.910. The molecule has 1 N–H and O–H groups in total. The SMILES string of the molecule is Cc1cnc(NC(=O)c2ccc(Br)cc2Cl)s1. The minimum Gasteiger partial charge on any atom is -0.298 e. The minimum absolute atomic E-state index is 0.253. The molecule has 0 saturated heterocycles. The summed E-state index contributed by atoms with van der Waals surface area (Å²) >= 11 is 10.7. The van der Waals surface area contributed by atoms with E-state index in [1.807, 2.05) is 6.92 Å². The Kier molecular flexibility index (Phi) is 3.81. The predicted octanol–water partition coefficient (Wildman–Crippen LogP) is 4.12. The van der Waals surface area contributed by atoms with Gasteiger partial charge in [-0.15, -0.1) is 11.3 Å². The average Bonchev–Trinajstić information content (AvgIpc) is 2.63. The Morgan fingerprint density at radius 2 is 2.29 bits per heavy atom. The van der Waals surface area contributed by atoms with E-state index >= 15 is 0 Å². The maximum Gasteiger partial charge on any atom is 0.258 e. The zero-order chi connectivity index (χ0) is 12.4. The van der Waals surface area contributed by atoms with Gasteiger partial charge in [0.1, 0.15) is 0 Å². The number of aromatic nitrogens is 1. The lowest BCUT2D eigenvalue weighted by molar-refractivity contribution is 0.102. The van der Waals surface area contributed by atoms with E-state index in [-0.39, 0.29) is 5.91 Å². The van der Waals surface area contributed by atoms with Gasteiger partial charge in [0, 0.05) is 15.5 Å². The van der Waals surface area contributed by atoms with Crippen molar-refractivity contribution in [3.8, 4) is 0 Å². The Bertz CT molecular complexity index is 570. The molecule has 17 heavy (non-hydrogen) atoms. The van der Waals surface area contributed by atoms with Gasteiger partial charge in [0.25, 0.3) is 5.91 Å². The molecule has 3 nitrogen and oxygen atoms in total. The number of hydrogen-bond acceptors (Lipinski definition) is 3. The van der Waals surface area contributed by atoms with Crippen LogP contribution in [-0.4, -0.2) is 10.9 Å². The van der Waals surface area contributed by atoms with Gasteiger partial charge in [0.05, 0.1) is 10.6 Å². The van der Waals surface area contributed by atoms with E-state index in [0.29, 0.717) is 15.7 Å². The van der Waals surface area contributed by atoms with Crippen LogP contribution in [0.25, 0.3) is 0 Å². The molecule has 0 radical (unpaired) electrons. The van der Waals surface area contributed by atoms with E-state index in [2.05, 4.69) is 26.2 Å². The highest BCUT2D eigenvalue weighted by Crippen LogP contribution is 2.23. The fourth-order valence-corrected chi connectivity index (χ4v) is 2.67. The molecular formula is C11H8BrClN2OS. The number of rotatable bonds is 2. The number of hydrogen-bond donors (Lipinski definition) is 1. The van der Waals surface area contributed by atoms with Crippen molar-refractivity contribution in [2.24, 2.45) is 0 Å². The molecule has 0 aliphatic rings. The van der Waals surface area contributed by atoms with Crippen molar-refractivity contribution >= 4 is 49.9 Å². The molecule has 0 atom stereocenters. The molecule has 2 rings (SSSR count). The highest BCUT2D eigenvalue weighted by atomic mass is 79.9. The largest absolute Gasteiger partial charge is 0.298 e. The van der Waals surface area contributed by atoms with Crippen LogP contribution in [0.1, 0.15) is 15.2 Å². The number of amides is 1. The Morgan fingerprint density at radius 1 is 1.53 bits per heavy atom. The topological polar surface area (TPSA) is 42.0 Å². The maximum absolute atomic E-state index is 11.9. The van der Waals surface area contributed by atoms with Gasteiger partial charge in [0.15, 0.2) is 5.13 Å². The molecule has 2 aromatic rings. The summed E-state index contributed by atoms with van der Waals surface area (Å²) in [6, 6.07) is 5.12. The Balaban J connectivity index is 2.20. The lowest BCUT2D eigenvalue weighted by Gasteiger charge is -2.04. The van der Waals surface area contributed by atoms with Gasteiger partial charge in [0.2, 0.25) is 0 Å². The molecule has 1 heterocycles. The van der Waals surface area contributed by atoms with Gasteiger partial charge in [-0.25, -0.2) is 4.98 Å². The van der Waals surface area contributed by atoms with Crippen LogP contribution in [0, 0.1) is 6.92 Å². The number of halogens is 2. The number of nitrogens with zero attached hydrogens (tertiary/aromatic N) is 1. The van der Waals surface area contributed by atoms with Gasteiger partial charge in [-0.3, -0.25) is 10.1 Å². The van der Waals surface area contributed by atoms with Crippen molar-refractivity contribution in [2.75, 3.05) is 5.32 Å². The van der Waals surface area contributed by atoms with E-state index in [0.717, 1.165) is 9.35 Å². The van der Waals surface area contributed by atoms with Gasteiger partial charge in [-0.1, -0.05) is 27.5 Å². The van der Waals surface area contributed by atoms with Gasteiger partial charge >= 0.3 is 0 Å². The van der Waals surface area contributed by atoms with Gasteiger partial charge in [-0.2, -0.15) is 0 Å². The van der Waals surface area contributed by atoms with E-state index in [1.165, 1.54) is 11.3 Å². The van der Waals surface area contributed by atoms with E-state index < -0.39 is 0 Å². The zero-order valence-electron chi connectivity index (χ0n) is 8.83. The van der Waals surface area contributed by atoms with E-state index in [1.54, 1.807) is 24.4 Å². The third-order valence-electron chi connectivity index (χ3n) is 2.02.